The maximum atomic E-state index is 13.0. The number of rotatable bonds is 2. The second kappa shape index (κ2) is 6.30. The van der Waals surface area contributed by atoms with E-state index in [2.05, 4.69) is 5.32 Å². The van der Waals surface area contributed by atoms with Gasteiger partial charge in [-0.15, -0.1) is 0 Å². The Kier molecular flexibility index (Phi) is 3.84. The van der Waals surface area contributed by atoms with Gasteiger partial charge in [0.1, 0.15) is 5.82 Å². The number of aromatic nitrogens is 1. The molecule has 1 fully saturated rings. The van der Waals surface area contributed by atoms with Crippen LogP contribution in [0.3, 0.4) is 0 Å². The molecule has 1 aromatic heterocycles. The lowest BCUT2D eigenvalue weighted by molar-refractivity contribution is 0.0659. The Labute approximate surface area is 166 Å². The summed E-state index contributed by atoms with van der Waals surface area (Å²) in [5.74, 6) is -1.37. The molecule has 0 saturated heterocycles. The van der Waals surface area contributed by atoms with Crippen LogP contribution in [0, 0.1) is 0 Å². The first-order valence-electron chi connectivity index (χ1n) is 9.82. The number of carbonyl (C=O) groups excluding carboxylic acids is 3. The first-order valence-corrected chi connectivity index (χ1v) is 9.82. The molecule has 3 aliphatic rings. The molecule has 0 atom stereocenters. The molecule has 1 saturated carbocycles. The van der Waals surface area contributed by atoms with E-state index in [9.17, 15) is 19.2 Å². The van der Waals surface area contributed by atoms with Crippen LogP contribution in [0.5, 0.6) is 0 Å². The van der Waals surface area contributed by atoms with E-state index in [1.54, 1.807) is 18.2 Å². The van der Waals surface area contributed by atoms with Crippen molar-refractivity contribution in [3.05, 3.63) is 56.9 Å². The molecule has 0 unspecified atom stereocenters. The molecule has 0 bridgehead atoms. The number of amides is 3. The summed E-state index contributed by atoms with van der Waals surface area (Å²) in [4.78, 5) is 51.8. The van der Waals surface area contributed by atoms with Crippen molar-refractivity contribution in [2.75, 3.05) is 5.73 Å². The molecule has 29 heavy (non-hydrogen) atoms. The highest BCUT2D eigenvalue weighted by molar-refractivity contribution is 6.23. The summed E-state index contributed by atoms with van der Waals surface area (Å²) in [5, 5.41) is 2.17. The largest absolute Gasteiger partial charge is 0.384 e. The van der Waals surface area contributed by atoms with Gasteiger partial charge in [-0.2, -0.15) is 0 Å². The normalized spacial score (nSPS) is 18.8. The highest BCUT2D eigenvalue weighted by Gasteiger charge is 2.36. The van der Waals surface area contributed by atoms with Crippen molar-refractivity contribution in [3.8, 4) is 5.69 Å². The minimum atomic E-state index is -0.627. The fourth-order valence-electron chi connectivity index (χ4n) is 4.76. The van der Waals surface area contributed by atoms with Crippen LogP contribution in [0.4, 0.5) is 5.82 Å². The van der Waals surface area contributed by atoms with Gasteiger partial charge in [0, 0.05) is 29.8 Å². The van der Waals surface area contributed by atoms with E-state index in [0.29, 0.717) is 17.8 Å². The number of nitrogens with two attached hydrogens (primary N) is 1. The molecule has 2 aromatic rings. The number of pyridine rings is 1. The smallest absolute Gasteiger partial charge is 0.262 e. The predicted molar refractivity (Wildman–Crippen MR) is 105 cm³/mol. The van der Waals surface area contributed by atoms with Gasteiger partial charge in [0.2, 0.25) is 0 Å². The number of carbonyl (C=O) groups is 3. The van der Waals surface area contributed by atoms with Crippen LogP contribution in [0.1, 0.15) is 68.7 Å². The van der Waals surface area contributed by atoms with Gasteiger partial charge < -0.3 is 10.6 Å². The summed E-state index contributed by atoms with van der Waals surface area (Å²) in [5.41, 5.74) is 7.41. The van der Waals surface area contributed by atoms with E-state index in [0.717, 1.165) is 37.3 Å². The van der Waals surface area contributed by atoms with Crippen LogP contribution in [-0.2, 0) is 6.54 Å². The number of hydrogen-bond acceptors (Lipinski definition) is 5. The Morgan fingerprint density at radius 2 is 1.72 bits per heavy atom. The van der Waals surface area contributed by atoms with Crippen LogP contribution in [0.25, 0.3) is 5.69 Å². The molecular weight excluding hydrogens is 372 g/mol. The fraction of sp³-hybridized carbons (Fsp3) is 0.333. The highest BCUT2D eigenvalue weighted by Crippen LogP contribution is 2.34. The van der Waals surface area contributed by atoms with Crippen LogP contribution in [0.2, 0.25) is 0 Å². The predicted octanol–water partition coefficient (Wildman–Crippen LogP) is 1.59. The first kappa shape index (κ1) is 17.7. The molecule has 1 aromatic carbocycles. The van der Waals surface area contributed by atoms with Gasteiger partial charge in [0.15, 0.2) is 0 Å². The van der Waals surface area contributed by atoms with Gasteiger partial charge in [-0.1, -0.05) is 25.3 Å². The van der Waals surface area contributed by atoms with E-state index in [-0.39, 0.29) is 28.9 Å². The molecule has 1 aliphatic carbocycles. The van der Waals surface area contributed by atoms with Gasteiger partial charge >= 0.3 is 0 Å². The molecular formula is C21H20N4O4. The average molecular weight is 392 g/mol. The minimum absolute atomic E-state index is 0.000614. The summed E-state index contributed by atoms with van der Waals surface area (Å²) in [6, 6.07) is 6.51. The van der Waals surface area contributed by atoms with Gasteiger partial charge in [0.25, 0.3) is 23.3 Å². The van der Waals surface area contributed by atoms with E-state index in [1.165, 1.54) is 11.0 Å². The molecule has 8 nitrogen and oxygen atoms in total. The van der Waals surface area contributed by atoms with Gasteiger partial charge in [-0.25, -0.2) is 0 Å². The number of fused-ring (bicyclic) bond motifs is 2. The second-order valence-electron chi connectivity index (χ2n) is 7.80. The molecule has 5 rings (SSSR count). The number of nitrogens with zero attached hydrogens (tertiary/aromatic N) is 2. The SMILES string of the molecule is Nc1c2c(cc(=O)n1-c1cccc3c1CN(C1CCCCC1)C3=O)C(=O)NC2=O. The van der Waals surface area contributed by atoms with Crippen molar-refractivity contribution in [1.29, 1.82) is 0 Å². The third-order valence-corrected chi connectivity index (χ3v) is 6.18. The monoisotopic (exact) mass is 392 g/mol. The zero-order chi connectivity index (χ0) is 20.3. The first-order chi connectivity index (χ1) is 14.0. The molecule has 3 N–H and O–H groups in total. The fourth-order valence-corrected chi connectivity index (χ4v) is 4.76. The van der Waals surface area contributed by atoms with Gasteiger partial charge in [0.05, 0.1) is 16.8 Å². The zero-order valence-electron chi connectivity index (χ0n) is 15.7. The van der Waals surface area contributed by atoms with Crippen LogP contribution >= 0.6 is 0 Å². The summed E-state index contributed by atoms with van der Waals surface area (Å²) in [7, 11) is 0. The Hall–Kier alpha value is -3.42. The number of anilines is 1. The maximum absolute atomic E-state index is 13.0. The van der Waals surface area contributed by atoms with E-state index >= 15 is 0 Å². The third kappa shape index (κ3) is 2.52. The van der Waals surface area contributed by atoms with Crippen molar-refractivity contribution in [2.45, 2.75) is 44.7 Å². The minimum Gasteiger partial charge on any atom is -0.384 e. The summed E-state index contributed by atoms with van der Waals surface area (Å²) < 4.78 is 1.23. The molecule has 0 spiro atoms. The highest BCUT2D eigenvalue weighted by atomic mass is 16.2. The number of nitrogens with one attached hydrogen (secondary N) is 1. The van der Waals surface area contributed by atoms with Crippen LogP contribution in [0.15, 0.2) is 29.1 Å². The summed E-state index contributed by atoms with van der Waals surface area (Å²) in [6.45, 7) is 0.406. The Balaban J connectivity index is 1.64. The van der Waals surface area contributed by atoms with Crippen LogP contribution in [-0.4, -0.2) is 33.2 Å². The Morgan fingerprint density at radius 3 is 2.48 bits per heavy atom. The maximum Gasteiger partial charge on any atom is 0.262 e. The second-order valence-corrected chi connectivity index (χ2v) is 7.80. The Morgan fingerprint density at radius 1 is 0.966 bits per heavy atom. The third-order valence-electron chi connectivity index (χ3n) is 6.18. The quantitative estimate of drug-likeness (QED) is 0.754. The standard InChI is InChI=1S/C21H20N4O4/c22-18-17-13(19(27)23-20(17)28)9-16(26)25(18)15-8-4-7-12-14(15)10-24(21(12)29)11-5-2-1-3-6-11/h4,7-9,11H,1-3,5-6,10,22H2,(H,23,27,28). The van der Waals surface area contributed by atoms with Crippen molar-refractivity contribution in [1.82, 2.24) is 14.8 Å². The molecule has 0 radical (unpaired) electrons. The molecule has 8 heteroatoms. The zero-order valence-corrected chi connectivity index (χ0v) is 15.7. The topological polar surface area (TPSA) is 114 Å². The molecule has 3 amide bonds. The summed E-state index contributed by atoms with van der Waals surface area (Å²) in [6.07, 6.45) is 5.38. The molecule has 2 aliphatic heterocycles. The van der Waals surface area contributed by atoms with E-state index < -0.39 is 17.4 Å². The van der Waals surface area contributed by atoms with Crippen molar-refractivity contribution < 1.29 is 14.4 Å². The van der Waals surface area contributed by atoms with E-state index in [1.807, 2.05) is 4.90 Å². The number of benzene rings is 1. The van der Waals surface area contributed by atoms with Crippen LogP contribution < -0.4 is 16.6 Å². The Bertz CT molecular complexity index is 1140. The number of imide groups is 1. The lowest BCUT2D eigenvalue weighted by atomic mass is 9.94. The lowest BCUT2D eigenvalue weighted by Crippen LogP contribution is -2.36. The van der Waals surface area contributed by atoms with Gasteiger partial charge in [-0.05, 0) is 25.0 Å². The lowest BCUT2D eigenvalue weighted by Gasteiger charge is -2.31. The van der Waals surface area contributed by atoms with E-state index in [4.69, 9.17) is 5.73 Å². The number of hydrogen-bond donors (Lipinski definition) is 2. The molecule has 3 heterocycles. The van der Waals surface area contributed by atoms with Crippen molar-refractivity contribution in [2.24, 2.45) is 0 Å². The number of nitrogen functional groups attached to an aromatic ring is 1. The average Bonchev–Trinajstić information content (AvgIpc) is 3.19. The summed E-state index contributed by atoms with van der Waals surface area (Å²) >= 11 is 0. The van der Waals surface area contributed by atoms with Crippen molar-refractivity contribution in [3.63, 3.8) is 0 Å². The van der Waals surface area contributed by atoms with Crippen molar-refractivity contribution >= 4 is 23.5 Å². The molecule has 148 valence electrons. The van der Waals surface area contributed by atoms with Gasteiger partial charge in [-0.3, -0.25) is 29.1 Å².